The van der Waals surface area contributed by atoms with Gasteiger partial charge in [0.15, 0.2) is 17.5 Å². The van der Waals surface area contributed by atoms with Gasteiger partial charge in [0.25, 0.3) is 0 Å². The van der Waals surface area contributed by atoms with Crippen molar-refractivity contribution < 1.29 is 9.47 Å². The Morgan fingerprint density at radius 3 is 2.45 bits per heavy atom. The summed E-state index contributed by atoms with van der Waals surface area (Å²) in [5.74, 6) is 2.23. The van der Waals surface area contributed by atoms with Gasteiger partial charge in [0.05, 0.1) is 25.6 Å². The summed E-state index contributed by atoms with van der Waals surface area (Å²) < 4.78 is 12.7. The van der Waals surface area contributed by atoms with Crippen molar-refractivity contribution in [1.82, 2.24) is 20.4 Å². The van der Waals surface area contributed by atoms with E-state index >= 15 is 0 Å². The molecule has 7 heteroatoms. The molecule has 7 nitrogen and oxygen atoms in total. The van der Waals surface area contributed by atoms with Crippen molar-refractivity contribution >= 4 is 5.96 Å². The summed E-state index contributed by atoms with van der Waals surface area (Å²) in [5.41, 5.74) is 5.50. The number of guanidine groups is 1. The van der Waals surface area contributed by atoms with E-state index in [0.717, 1.165) is 58.6 Å². The Kier molecular flexibility index (Phi) is 7.54. The average molecular weight is 422 g/mol. The average Bonchev–Trinajstić information content (AvgIpc) is 3.13. The second kappa shape index (κ2) is 10.5. The number of benzene rings is 2. The predicted octanol–water partition coefficient (Wildman–Crippen LogP) is 3.41. The molecule has 0 unspecified atom stereocenters. The second-order valence-corrected chi connectivity index (χ2v) is 7.26. The molecule has 0 radical (unpaired) electrons. The Labute approximate surface area is 184 Å². The number of nitrogens with zero attached hydrogens (tertiary/aromatic N) is 3. The minimum absolute atomic E-state index is 0.643. The molecule has 0 atom stereocenters. The minimum Gasteiger partial charge on any atom is -0.493 e. The second-order valence-electron chi connectivity index (χ2n) is 7.26. The summed E-state index contributed by atoms with van der Waals surface area (Å²) >= 11 is 0. The SMILES string of the molecule is CN=C(NCCc1ccc(OC)c(OC)c1)NCc1ccccc1-n1nc(C)cc1C. The number of nitrogens with one attached hydrogen (secondary N) is 2. The number of aromatic nitrogens is 2. The quantitative estimate of drug-likeness (QED) is 0.431. The number of aliphatic imine (C=N–C) groups is 1. The largest absolute Gasteiger partial charge is 0.493 e. The lowest BCUT2D eigenvalue weighted by atomic mass is 10.1. The molecule has 31 heavy (non-hydrogen) atoms. The summed E-state index contributed by atoms with van der Waals surface area (Å²) in [4.78, 5) is 4.35. The number of para-hydroxylation sites is 1. The van der Waals surface area contributed by atoms with Crippen LogP contribution in [-0.2, 0) is 13.0 Å². The molecule has 0 aliphatic heterocycles. The fourth-order valence-electron chi connectivity index (χ4n) is 3.50. The van der Waals surface area contributed by atoms with Crippen molar-refractivity contribution in [3.8, 4) is 17.2 Å². The molecule has 0 bridgehead atoms. The Hall–Kier alpha value is -3.48. The maximum absolute atomic E-state index is 5.38. The van der Waals surface area contributed by atoms with Crippen molar-refractivity contribution in [2.45, 2.75) is 26.8 Å². The van der Waals surface area contributed by atoms with E-state index in [4.69, 9.17) is 9.47 Å². The van der Waals surface area contributed by atoms with E-state index in [1.54, 1.807) is 21.3 Å². The molecule has 2 aromatic carbocycles. The van der Waals surface area contributed by atoms with Gasteiger partial charge in [-0.2, -0.15) is 5.10 Å². The van der Waals surface area contributed by atoms with Crippen LogP contribution in [0.15, 0.2) is 53.5 Å². The van der Waals surface area contributed by atoms with Gasteiger partial charge in [0, 0.05) is 25.8 Å². The first kappa shape index (κ1) is 22.2. The molecule has 0 spiro atoms. The standard InChI is InChI=1S/C24H31N5O2/c1-17-14-18(2)29(28-17)21-9-7-6-8-20(21)16-27-24(25-3)26-13-12-19-10-11-22(30-4)23(15-19)31-5/h6-11,14-15H,12-13,16H2,1-5H3,(H2,25,26,27). The van der Waals surface area contributed by atoms with Gasteiger partial charge < -0.3 is 20.1 Å². The highest BCUT2D eigenvalue weighted by atomic mass is 16.5. The Bertz CT molecular complexity index is 1040. The third-order valence-corrected chi connectivity index (χ3v) is 5.05. The first-order valence-corrected chi connectivity index (χ1v) is 10.3. The molecule has 1 heterocycles. The fraction of sp³-hybridized carbons (Fsp3) is 0.333. The van der Waals surface area contributed by atoms with Crippen molar-refractivity contribution in [2.24, 2.45) is 4.99 Å². The maximum atomic E-state index is 5.38. The van der Waals surface area contributed by atoms with E-state index in [1.807, 2.05) is 41.9 Å². The molecule has 0 amide bonds. The highest BCUT2D eigenvalue weighted by molar-refractivity contribution is 5.79. The third kappa shape index (κ3) is 5.57. The van der Waals surface area contributed by atoms with Crippen molar-refractivity contribution in [2.75, 3.05) is 27.8 Å². The van der Waals surface area contributed by atoms with Gasteiger partial charge >= 0.3 is 0 Å². The van der Waals surface area contributed by atoms with Crippen LogP contribution in [0.25, 0.3) is 5.69 Å². The van der Waals surface area contributed by atoms with E-state index in [1.165, 1.54) is 0 Å². The topological polar surface area (TPSA) is 72.7 Å². The van der Waals surface area contributed by atoms with Crippen molar-refractivity contribution in [3.63, 3.8) is 0 Å². The van der Waals surface area contributed by atoms with E-state index in [-0.39, 0.29) is 0 Å². The highest BCUT2D eigenvalue weighted by Crippen LogP contribution is 2.27. The number of hydrogen-bond donors (Lipinski definition) is 2. The molecule has 0 fully saturated rings. The molecule has 0 saturated carbocycles. The first-order chi connectivity index (χ1) is 15.0. The number of aryl methyl sites for hydroxylation is 2. The molecule has 2 N–H and O–H groups in total. The summed E-state index contributed by atoms with van der Waals surface area (Å²) in [7, 11) is 5.07. The van der Waals surface area contributed by atoms with Crippen LogP contribution in [0.1, 0.15) is 22.5 Å². The van der Waals surface area contributed by atoms with Crippen LogP contribution in [0.3, 0.4) is 0 Å². The minimum atomic E-state index is 0.643. The molecule has 164 valence electrons. The van der Waals surface area contributed by atoms with Crippen molar-refractivity contribution in [1.29, 1.82) is 0 Å². The lowest BCUT2D eigenvalue weighted by Crippen LogP contribution is -2.38. The van der Waals surface area contributed by atoms with E-state index < -0.39 is 0 Å². The van der Waals surface area contributed by atoms with Gasteiger partial charge in [0.1, 0.15) is 0 Å². The van der Waals surface area contributed by atoms with Crippen LogP contribution >= 0.6 is 0 Å². The summed E-state index contributed by atoms with van der Waals surface area (Å²) in [6, 6.07) is 16.3. The fourth-order valence-corrected chi connectivity index (χ4v) is 3.50. The molecule has 1 aromatic heterocycles. The first-order valence-electron chi connectivity index (χ1n) is 10.3. The molecule has 0 aliphatic carbocycles. The van der Waals surface area contributed by atoms with Crippen LogP contribution in [0.5, 0.6) is 11.5 Å². The zero-order valence-corrected chi connectivity index (χ0v) is 18.9. The van der Waals surface area contributed by atoms with Crippen molar-refractivity contribution in [3.05, 3.63) is 71.0 Å². The van der Waals surface area contributed by atoms with E-state index in [9.17, 15) is 0 Å². The lowest BCUT2D eigenvalue weighted by Gasteiger charge is -2.15. The zero-order chi connectivity index (χ0) is 22.2. The monoisotopic (exact) mass is 421 g/mol. The summed E-state index contributed by atoms with van der Waals surface area (Å²) in [5, 5.41) is 11.4. The van der Waals surface area contributed by atoms with Crippen LogP contribution in [0.4, 0.5) is 0 Å². The molecular weight excluding hydrogens is 390 g/mol. The van der Waals surface area contributed by atoms with Crippen LogP contribution in [-0.4, -0.2) is 43.6 Å². The Balaban J connectivity index is 1.59. The number of ether oxygens (including phenoxy) is 2. The molecule has 3 aromatic rings. The van der Waals surface area contributed by atoms with Gasteiger partial charge in [-0.15, -0.1) is 0 Å². The third-order valence-electron chi connectivity index (χ3n) is 5.05. The smallest absolute Gasteiger partial charge is 0.191 e. The number of hydrogen-bond acceptors (Lipinski definition) is 4. The van der Waals surface area contributed by atoms with E-state index in [2.05, 4.69) is 45.8 Å². The molecule has 0 aliphatic rings. The molecule has 0 saturated heterocycles. The van der Waals surface area contributed by atoms with Crippen LogP contribution in [0, 0.1) is 13.8 Å². The zero-order valence-electron chi connectivity index (χ0n) is 18.9. The predicted molar refractivity (Wildman–Crippen MR) is 124 cm³/mol. The van der Waals surface area contributed by atoms with Gasteiger partial charge in [-0.1, -0.05) is 24.3 Å². The molecule has 3 rings (SSSR count). The summed E-state index contributed by atoms with van der Waals surface area (Å²) in [6.07, 6.45) is 0.837. The number of methoxy groups -OCH3 is 2. The summed E-state index contributed by atoms with van der Waals surface area (Å²) in [6.45, 7) is 5.46. The van der Waals surface area contributed by atoms with Gasteiger partial charge in [0.2, 0.25) is 0 Å². The Morgan fingerprint density at radius 1 is 1.00 bits per heavy atom. The normalized spacial score (nSPS) is 11.3. The van der Waals surface area contributed by atoms with Gasteiger partial charge in [-0.3, -0.25) is 4.99 Å². The van der Waals surface area contributed by atoms with Gasteiger partial charge in [-0.05, 0) is 55.7 Å². The van der Waals surface area contributed by atoms with Crippen LogP contribution in [0.2, 0.25) is 0 Å². The van der Waals surface area contributed by atoms with Gasteiger partial charge in [-0.25, -0.2) is 4.68 Å². The maximum Gasteiger partial charge on any atom is 0.191 e. The highest BCUT2D eigenvalue weighted by Gasteiger charge is 2.09. The van der Waals surface area contributed by atoms with E-state index in [0.29, 0.717) is 6.54 Å². The van der Waals surface area contributed by atoms with Crippen LogP contribution < -0.4 is 20.1 Å². The number of rotatable bonds is 8. The molecular formula is C24H31N5O2. The Morgan fingerprint density at radius 2 is 1.77 bits per heavy atom. The lowest BCUT2D eigenvalue weighted by molar-refractivity contribution is 0.354.